The van der Waals surface area contributed by atoms with E-state index in [-0.39, 0.29) is 18.4 Å². The average Bonchev–Trinajstić information content (AvgIpc) is 3.25. The molecule has 2 aliphatic heterocycles. The van der Waals surface area contributed by atoms with E-state index in [1.165, 1.54) is 11.3 Å². The number of benzene rings is 1. The van der Waals surface area contributed by atoms with Gasteiger partial charge in [-0.05, 0) is 43.4 Å². The molecule has 2 aromatic rings. The smallest absolute Gasteiger partial charge is 0.308 e. The number of aliphatic carboxylic acids is 1. The van der Waals surface area contributed by atoms with Crippen LogP contribution in [0.25, 0.3) is 0 Å². The first-order chi connectivity index (χ1) is 13.4. The highest BCUT2D eigenvalue weighted by Crippen LogP contribution is 2.34. The van der Waals surface area contributed by atoms with Crippen LogP contribution in [0.2, 0.25) is 0 Å². The molecule has 6 nitrogen and oxygen atoms in total. The topological polar surface area (TPSA) is 74.0 Å². The summed E-state index contributed by atoms with van der Waals surface area (Å²) < 4.78 is 5.70. The summed E-state index contributed by atoms with van der Waals surface area (Å²) >= 11 is 0. The summed E-state index contributed by atoms with van der Waals surface area (Å²) in [6.45, 7) is 5.53. The number of carbonyl (C=O) groups excluding carboxylic acids is 1. The zero-order chi connectivity index (χ0) is 19.8. The number of hydrogen-bond acceptors (Lipinski definition) is 4. The molecule has 6 heteroatoms. The van der Waals surface area contributed by atoms with Gasteiger partial charge in [0.05, 0.1) is 24.3 Å². The van der Waals surface area contributed by atoms with Gasteiger partial charge >= 0.3 is 5.97 Å². The number of carbonyl (C=O) groups is 2. The summed E-state index contributed by atoms with van der Waals surface area (Å²) in [6.07, 6.45) is 3.14. The Kier molecular flexibility index (Phi) is 4.87. The van der Waals surface area contributed by atoms with E-state index in [1.807, 2.05) is 19.1 Å². The summed E-state index contributed by atoms with van der Waals surface area (Å²) in [4.78, 5) is 28.5. The molecule has 1 amide bonds. The number of carboxylic acids is 1. The van der Waals surface area contributed by atoms with E-state index in [0.29, 0.717) is 36.9 Å². The number of fused-ring (bicyclic) bond motifs is 1. The third kappa shape index (κ3) is 3.39. The second-order valence-corrected chi connectivity index (χ2v) is 8.15. The van der Waals surface area contributed by atoms with Crippen molar-refractivity contribution in [3.8, 4) is 0 Å². The lowest BCUT2D eigenvalue weighted by molar-refractivity contribution is -0.143. The molecule has 28 heavy (non-hydrogen) atoms. The summed E-state index contributed by atoms with van der Waals surface area (Å²) in [5.74, 6) is -0.673. The lowest BCUT2D eigenvalue weighted by atomic mass is 9.90. The number of amides is 1. The van der Waals surface area contributed by atoms with E-state index in [2.05, 4.69) is 24.0 Å². The monoisotopic (exact) mass is 382 g/mol. The van der Waals surface area contributed by atoms with E-state index in [1.54, 1.807) is 17.2 Å². The van der Waals surface area contributed by atoms with Crippen LogP contribution in [0.1, 0.15) is 41.9 Å². The van der Waals surface area contributed by atoms with Gasteiger partial charge in [0.15, 0.2) is 0 Å². The van der Waals surface area contributed by atoms with Gasteiger partial charge in [0.25, 0.3) is 5.91 Å². The van der Waals surface area contributed by atoms with Crippen molar-refractivity contribution >= 4 is 17.6 Å². The molecule has 3 heterocycles. The second kappa shape index (κ2) is 7.34. The molecule has 0 spiro atoms. The molecular weight excluding hydrogens is 356 g/mol. The molecule has 4 rings (SSSR count). The number of carboxylic acid groups (broad SMARTS) is 1. The number of hydrogen-bond donors (Lipinski definition) is 1. The minimum absolute atomic E-state index is 0.137. The second-order valence-electron chi connectivity index (χ2n) is 8.15. The van der Waals surface area contributed by atoms with Crippen molar-refractivity contribution in [1.29, 1.82) is 0 Å². The van der Waals surface area contributed by atoms with E-state index in [0.717, 1.165) is 6.42 Å². The molecule has 3 atom stereocenters. The molecule has 1 fully saturated rings. The van der Waals surface area contributed by atoms with Crippen LogP contribution in [-0.2, 0) is 17.8 Å². The molecule has 3 unspecified atom stereocenters. The maximum absolute atomic E-state index is 13.2. The van der Waals surface area contributed by atoms with Gasteiger partial charge in [-0.25, -0.2) is 0 Å². The van der Waals surface area contributed by atoms with Gasteiger partial charge < -0.3 is 19.3 Å². The number of anilines is 1. The van der Waals surface area contributed by atoms with Gasteiger partial charge in [0.1, 0.15) is 5.76 Å². The normalized spacial score (nSPS) is 24.3. The maximum atomic E-state index is 13.2. The fourth-order valence-corrected chi connectivity index (χ4v) is 4.55. The Morgan fingerprint density at radius 3 is 2.75 bits per heavy atom. The summed E-state index contributed by atoms with van der Waals surface area (Å²) in [6, 6.07) is 10.4. The molecule has 1 N–H and O–H groups in total. The molecule has 2 aliphatic rings. The van der Waals surface area contributed by atoms with Crippen LogP contribution in [0.5, 0.6) is 0 Å². The summed E-state index contributed by atoms with van der Waals surface area (Å²) in [5.41, 5.74) is 3.03. The minimum atomic E-state index is -0.834. The molecular formula is C22H26N2O4. The molecule has 1 aromatic heterocycles. The third-order valence-corrected chi connectivity index (χ3v) is 5.93. The first-order valence-electron chi connectivity index (χ1n) is 9.87. The molecule has 148 valence electrons. The fourth-order valence-electron chi connectivity index (χ4n) is 4.55. The number of likely N-dealkylation sites (tertiary alicyclic amines) is 1. The summed E-state index contributed by atoms with van der Waals surface area (Å²) in [7, 11) is 0. The number of rotatable bonds is 4. The highest BCUT2D eigenvalue weighted by Gasteiger charge is 2.34. The van der Waals surface area contributed by atoms with Crippen molar-refractivity contribution < 1.29 is 19.1 Å². The Hall–Kier alpha value is -2.76. The maximum Gasteiger partial charge on any atom is 0.308 e. The van der Waals surface area contributed by atoms with E-state index >= 15 is 0 Å². The molecule has 0 radical (unpaired) electrons. The van der Waals surface area contributed by atoms with Gasteiger partial charge in [-0.15, -0.1) is 0 Å². The number of furan rings is 1. The SMILES string of the molecule is CC1CC(C(=O)O)CN(C(=O)c2ccoc2CN2c3ccccc3CC2C)C1. The van der Waals surface area contributed by atoms with Crippen LogP contribution < -0.4 is 4.90 Å². The van der Waals surface area contributed by atoms with Crippen molar-refractivity contribution in [2.75, 3.05) is 18.0 Å². The highest BCUT2D eigenvalue weighted by molar-refractivity contribution is 5.95. The average molecular weight is 382 g/mol. The fraction of sp³-hybridized carbons (Fsp3) is 0.455. The molecule has 1 aromatic carbocycles. The van der Waals surface area contributed by atoms with Crippen molar-refractivity contribution in [2.45, 2.75) is 39.3 Å². The van der Waals surface area contributed by atoms with E-state index in [4.69, 9.17) is 4.42 Å². The van der Waals surface area contributed by atoms with Crippen LogP contribution in [0, 0.1) is 11.8 Å². The predicted molar refractivity (Wildman–Crippen MR) is 105 cm³/mol. The van der Waals surface area contributed by atoms with Gasteiger partial charge in [0, 0.05) is 24.8 Å². The zero-order valence-corrected chi connectivity index (χ0v) is 16.3. The van der Waals surface area contributed by atoms with Gasteiger partial charge in [-0.2, -0.15) is 0 Å². The zero-order valence-electron chi connectivity index (χ0n) is 16.3. The van der Waals surface area contributed by atoms with Crippen LogP contribution in [0.3, 0.4) is 0 Å². The standard InChI is InChI=1S/C22H26N2O4/c1-14-9-17(22(26)27)12-23(11-14)21(25)18-7-8-28-20(18)13-24-15(2)10-16-5-3-4-6-19(16)24/h3-8,14-15,17H,9-13H2,1-2H3,(H,26,27). The number of piperidine rings is 1. The van der Waals surface area contributed by atoms with Crippen LogP contribution in [-0.4, -0.2) is 41.0 Å². The Bertz CT molecular complexity index is 890. The van der Waals surface area contributed by atoms with Crippen molar-refractivity contribution in [1.82, 2.24) is 4.90 Å². The lowest BCUT2D eigenvalue weighted by Crippen LogP contribution is -2.45. The molecule has 0 bridgehead atoms. The minimum Gasteiger partial charge on any atom is -0.481 e. The Labute approximate surface area is 164 Å². The molecule has 0 aliphatic carbocycles. The first kappa shape index (κ1) is 18.6. The van der Waals surface area contributed by atoms with Crippen LogP contribution >= 0.6 is 0 Å². The van der Waals surface area contributed by atoms with Crippen LogP contribution in [0.4, 0.5) is 5.69 Å². The third-order valence-electron chi connectivity index (χ3n) is 5.93. The van der Waals surface area contributed by atoms with Gasteiger partial charge in [-0.3, -0.25) is 9.59 Å². The lowest BCUT2D eigenvalue weighted by Gasteiger charge is -2.34. The predicted octanol–water partition coefficient (Wildman–Crippen LogP) is 3.41. The molecule has 1 saturated heterocycles. The van der Waals surface area contributed by atoms with E-state index < -0.39 is 11.9 Å². The van der Waals surface area contributed by atoms with Gasteiger partial charge in [0.2, 0.25) is 0 Å². The number of para-hydroxylation sites is 1. The summed E-state index contributed by atoms with van der Waals surface area (Å²) in [5, 5.41) is 9.39. The van der Waals surface area contributed by atoms with Crippen molar-refractivity contribution in [3.63, 3.8) is 0 Å². The Balaban J connectivity index is 1.54. The number of nitrogens with zero attached hydrogens (tertiary/aromatic N) is 2. The quantitative estimate of drug-likeness (QED) is 0.877. The van der Waals surface area contributed by atoms with E-state index in [9.17, 15) is 14.7 Å². The van der Waals surface area contributed by atoms with Crippen molar-refractivity contribution in [3.05, 3.63) is 53.5 Å². The molecule has 0 saturated carbocycles. The first-order valence-corrected chi connectivity index (χ1v) is 9.87. The highest BCUT2D eigenvalue weighted by atomic mass is 16.4. The van der Waals surface area contributed by atoms with Crippen molar-refractivity contribution in [2.24, 2.45) is 11.8 Å². The largest absolute Gasteiger partial charge is 0.481 e. The van der Waals surface area contributed by atoms with Crippen LogP contribution in [0.15, 0.2) is 41.0 Å². The van der Waals surface area contributed by atoms with Gasteiger partial charge in [-0.1, -0.05) is 25.1 Å². The Morgan fingerprint density at radius 1 is 1.18 bits per heavy atom. The Morgan fingerprint density at radius 2 is 1.96 bits per heavy atom.